The van der Waals surface area contributed by atoms with Crippen LogP contribution >= 0.6 is 0 Å². The number of halogens is 5. The van der Waals surface area contributed by atoms with Crippen molar-refractivity contribution in [3.05, 3.63) is 91.9 Å². The number of carbonyl (C=O) groups excluding carboxylic acids is 1. The van der Waals surface area contributed by atoms with Gasteiger partial charge in [0.15, 0.2) is 0 Å². The molecular weight excluding hydrogens is 633 g/mol. The number of likely N-dealkylation sites (tertiary alicyclic amines) is 1. The van der Waals surface area contributed by atoms with Gasteiger partial charge in [0.1, 0.15) is 17.7 Å². The molecule has 2 N–H and O–H groups in total. The number of nitrogens with one attached hydrogen (secondary N) is 1. The van der Waals surface area contributed by atoms with Crippen LogP contribution in [0.2, 0.25) is 0 Å². The molecule has 0 bridgehead atoms. The zero-order chi connectivity index (χ0) is 35.7. The molecule has 2 aromatic carbocycles. The number of aromatic nitrogens is 1. The van der Waals surface area contributed by atoms with Crippen molar-refractivity contribution in [2.45, 2.75) is 91.0 Å². The molecule has 1 saturated heterocycles. The molecule has 0 spiro atoms. The number of carboxylic acids is 1. The lowest BCUT2D eigenvalue weighted by Gasteiger charge is -2.27. The number of carbonyl (C=O) groups is 2. The Bertz CT molecular complexity index is 1730. The standard InChI is InChI=1S/C36H42F5N3O4/c1-19(2)10-30(44-18-24(14-26-8-7-9-43(26)6)28(16-31(44)45)36(39,40)41)35(48)42-29(17-32(46)47)27-15-23(11-22(5)34(27)38)33-20(3)12-25(37)13-21(33)4/h11-13,15-16,18-19,26,29-30H,7-10,14,17H2,1-6H3,(H,42,48)(H,46,47)/t26?,29-,30-/m1/s1. The van der Waals surface area contributed by atoms with Gasteiger partial charge in [-0.2, -0.15) is 13.2 Å². The number of nitrogens with zero attached hydrogens (tertiary/aromatic N) is 2. The van der Waals surface area contributed by atoms with Gasteiger partial charge in [-0.05, 0) is 124 Å². The van der Waals surface area contributed by atoms with Gasteiger partial charge in [-0.25, -0.2) is 8.78 Å². The Hall–Kier alpha value is -4.06. The third kappa shape index (κ3) is 8.32. The van der Waals surface area contributed by atoms with Crippen molar-refractivity contribution in [3.8, 4) is 11.1 Å². The monoisotopic (exact) mass is 675 g/mol. The molecule has 2 heterocycles. The molecule has 1 unspecified atom stereocenters. The summed E-state index contributed by atoms with van der Waals surface area (Å²) in [5, 5.41) is 12.4. The number of amides is 1. The maximum atomic E-state index is 15.8. The van der Waals surface area contributed by atoms with Gasteiger partial charge in [-0.15, -0.1) is 0 Å². The van der Waals surface area contributed by atoms with Gasteiger partial charge in [-0.1, -0.05) is 13.8 Å². The predicted molar refractivity (Wildman–Crippen MR) is 173 cm³/mol. The molecule has 1 fully saturated rings. The molecular formula is C36H42F5N3O4. The Kier molecular flexibility index (Phi) is 11.2. The lowest BCUT2D eigenvalue weighted by atomic mass is 9.90. The van der Waals surface area contributed by atoms with Crippen LogP contribution in [0.4, 0.5) is 22.0 Å². The van der Waals surface area contributed by atoms with Crippen LogP contribution in [0.25, 0.3) is 11.1 Å². The molecule has 4 rings (SSSR count). The highest BCUT2D eigenvalue weighted by atomic mass is 19.4. The van der Waals surface area contributed by atoms with E-state index in [-0.39, 0.29) is 41.5 Å². The molecule has 0 radical (unpaired) electrons. The molecule has 0 saturated carbocycles. The van der Waals surface area contributed by atoms with Crippen molar-refractivity contribution in [2.24, 2.45) is 5.92 Å². The number of aryl methyl sites for hydroxylation is 3. The van der Waals surface area contributed by atoms with Crippen molar-refractivity contribution in [2.75, 3.05) is 13.6 Å². The topological polar surface area (TPSA) is 91.6 Å². The summed E-state index contributed by atoms with van der Waals surface area (Å²) in [5.41, 5.74) is 0.0710. The number of pyridine rings is 1. The summed E-state index contributed by atoms with van der Waals surface area (Å²) in [6.07, 6.45) is -2.86. The Morgan fingerprint density at radius 3 is 2.21 bits per heavy atom. The van der Waals surface area contributed by atoms with Crippen molar-refractivity contribution < 1.29 is 36.6 Å². The maximum Gasteiger partial charge on any atom is 0.416 e. The van der Waals surface area contributed by atoms with Gasteiger partial charge < -0.3 is 19.9 Å². The van der Waals surface area contributed by atoms with Crippen molar-refractivity contribution >= 4 is 11.9 Å². The average Bonchev–Trinajstić information content (AvgIpc) is 3.36. The first-order chi connectivity index (χ1) is 22.4. The Labute approximate surface area is 276 Å². The van der Waals surface area contributed by atoms with Gasteiger partial charge in [-0.3, -0.25) is 14.4 Å². The van der Waals surface area contributed by atoms with Crippen molar-refractivity contribution in [3.63, 3.8) is 0 Å². The number of alkyl halides is 3. The average molecular weight is 676 g/mol. The first-order valence-electron chi connectivity index (χ1n) is 16.0. The molecule has 1 aliphatic rings. The van der Waals surface area contributed by atoms with E-state index in [1.165, 1.54) is 25.1 Å². The highest BCUT2D eigenvalue weighted by Crippen LogP contribution is 2.36. The molecule has 12 heteroatoms. The number of hydrogen-bond acceptors (Lipinski definition) is 4. The van der Waals surface area contributed by atoms with Gasteiger partial charge in [0.25, 0.3) is 5.56 Å². The van der Waals surface area contributed by atoms with Crippen LogP contribution in [0.15, 0.2) is 41.3 Å². The van der Waals surface area contributed by atoms with Crippen LogP contribution in [0.5, 0.6) is 0 Å². The normalized spacial score (nSPS) is 16.7. The van der Waals surface area contributed by atoms with E-state index < -0.39 is 59.3 Å². The van der Waals surface area contributed by atoms with E-state index in [9.17, 15) is 37.1 Å². The van der Waals surface area contributed by atoms with Crippen molar-refractivity contribution in [1.82, 2.24) is 14.8 Å². The zero-order valence-electron chi connectivity index (χ0n) is 28.0. The Morgan fingerprint density at radius 2 is 1.67 bits per heavy atom. The summed E-state index contributed by atoms with van der Waals surface area (Å²) in [6, 6.07) is 3.25. The summed E-state index contributed by atoms with van der Waals surface area (Å²) < 4.78 is 73.2. The van der Waals surface area contributed by atoms with E-state index in [2.05, 4.69) is 5.32 Å². The summed E-state index contributed by atoms with van der Waals surface area (Å²) in [6.45, 7) is 9.15. The van der Waals surface area contributed by atoms with E-state index in [0.717, 1.165) is 23.7 Å². The molecule has 3 atom stereocenters. The SMILES string of the molecule is Cc1cc(-c2c(C)cc(F)cc2C)cc([C@@H](CC(=O)O)NC(=O)[C@@H](CC(C)C)n2cc(CC3CCCN3C)c(C(F)(F)F)cc2=O)c1F. The van der Waals surface area contributed by atoms with Gasteiger partial charge in [0.05, 0.1) is 18.0 Å². The van der Waals surface area contributed by atoms with E-state index in [1.54, 1.807) is 33.8 Å². The number of carboxylic acid groups (broad SMARTS) is 1. The maximum absolute atomic E-state index is 15.8. The number of aliphatic carboxylic acids is 1. The highest BCUT2D eigenvalue weighted by Gasteiger charge is 2.37. The minimum Gasteiger partial charge on any atom is -0.481 e. The third-order valence-corrected chi connectivity index (χ3v) is 9.07. The molecule has 0 aliphatic carbocycles. The van der Waals surface area contributed by atoms with Crippen LogP contribution < -0.4 is 10.9 Å². The zero-order valence-corrected chi connectivity index (χ0v) is 28.0. The Balaban J connectivity index is 1.80. The highest BCUT2D eigenvalue weighted by molar-refractivity contribution is 5.82. The smallest absolute Gasteiger partial charge is 0.416 e. The molecule has 1 aromatic heterocycles. The number of likely N-dealkylation sites (N-methyl/N-ethyl adjacent to an activating group) is 1. The molecule has 7 nitrogen and oxygen atoms in total. The van der Waals surface area contributed by atoms with Crippen LogP contribution in [0, 0.1) is 38.3 Å². The molecule has 260 valence electrons. The second-order valence-electron chi connectivity index (χ2n) is 13.4. The lowest BCUT2D eigenvalue weighted by Crippen LogP contribution is -2.41. The lowest BCUT2D eigenvalue weighted by molar-refractivity contribution is -0.139. The molecule has 1 aliphatic heterocycles. The van der Waals surface area contributed by atoms with Gasteiger partial charge >= 0.3 is 12.1 Å². The van der Waals surface area contributed by atoms with Gasteiger partial charge in [0.2, 0.25) is 5.91 Å². The number of hydrogen-bond donors (Lipinski definition) is 2. The summed E-state index contributed by atoms with van der Waals surface area (Å²) >= 11 is 0. The minimum atomic E-state index is -4.80. The molecule has 48 heavy (non-hydrogen) atoms. The van der Waals surface area contributed by atoms with Crippen LogP contribution in [0.3, 0.4) is 0 Å². The second kappa shape index (κ2) is 14.6. The van der Waals surface area contributed by atoms with Crippen LogP contribution in [0.1, 0.15) is 85.0 Å². The molecule has 3 aromatic rings. The second-order valence-corrected chi connectivity index (χ2v) is 13.4. The van der Waals surface area contributed by atoms with Crippen LogP contribution in [-0.4, -0.2) is 46.1 Å². The predicted octanol–water partition coefficient (Wildman–Crippen LogP) is 7.29. The summed E-state index contributed by atoms with van der Waals surface area (Å²) in [4.78, 5) is 41.3. The van der Waals surface area contributed by atoms with E-state index in [4.69, 9.17) is 0 Å². The first kappa shape index (κ1) is 36.8. The van der Waals surface area contributed by atoms with E-state index >= 15 is 4.39 Å². The Morgan fingerprint density at radius 1 is 1.02 bits per heavy atom. The number of rotatable bonds is 11. The minimum absolute atomic E-state index is 0.0166. The van der Waals surface area contributed by atoms with E-state index in [0.29, 0.717) is 34.7 Å². The third-order valence-electron chi connectivity index (χ3n) is 9.07. The van der Waals surface area contributed by atoms with Gasteiger partial charge in [0, 0.05) is 23.9 Å². The largest absolute Gasteiger partial charge is 0.481 e. The number of benzene rings is 2. The fraction of sp³-hybridized carbons (Fsp3) is 0.472. The fourth-order valence-corrected chi connectivity index (χ4v) is 6.79. The first-order valence-corrected chi connectivity index (χ1v) is 16.0. The fourth-order valence-electron chi connectivity index (χ4n) is 6.79. The quantitative estimate of drug-likeness (QED) is 0.208. The van der Waals surface area contributed by atoms with Crippen LogP contribution in [-0.2, 0) is 22.2 Å². The van der Waals surface area contributed by atoms with Crippen molar-refractivity contribution in [1.29, 1.82) is 0 Å². The molecule has 1 amide bonds. The summed E-state index contributed by atoms with van der Waals surface area (Å²) in [5.74, 6) is -3.58. The van der Waals surface area contributed by atoms with E-state index in [1.807, 2.05) is 11.9 Å². The summed E-state index contributed by atoms with van der Waals surface area (Å²) in [7, 11) is 1.83.